The van der Waals surface area contributed by atoms with Crippen molar-refractivity contribution in [3.63, 3.8) is 0 Å². The van der Waals surface area contributed by atoms with Crippen molar-refractivity contribution >= 4 is 0 Å². The highest BCUT2D eigenvalue weighted by atomic mass is 19.3. The molecule has 2 aromatic carbocycles. The molecule has 0 aliphatic rings. The fraction of sp³-hybridized carbons (Fsp3) is 0.154. The number of pyridine rings is 1. The molecular formula is C26H18F4N4O. The smallest absolute Gasteiger partial charge is 0.326 e. The summed E-state index contributed by atoms with van der Waals surface area (Å²) in [5.74, 6) is -6.47. The van der Waals surface area contributed by atoms with E-state index in [1.54, 1.807) is 12.1 Å². The van der Waals surface area contributed by atoms with Crippen molar-refractivity contribution in [3.8, 4) is 6.07 Å². The van der Waals surface area contributed by atoms with Gasteiger partial charge in [0.15, 0.2) is 5.60 Å². The van der Waals surface area contributed by atoms with Gasteiger partial charge >= 0.3 is 5.92 Å². The first kappa shape index (κ1) is 24.0. The predicted molar refractivity (Wildman–Crippen MR) is 118 cm³/mol. The molecule has 0 fully saturated rings. The number of alkyl halides is 2. The summed E-state index contributed by atoms with van der Waals surface area (Å²) in [6.45, 7) is 0. The second-order valence-electron chi connectivity index (χ2n) is 7.90. The zero-order valence-corrected chi connectivity index (χ0v) is 18.2. The van der Waals surface area contributed by atoms with Crippen molar-refractivity contribution in [2.24, 2.45) is 0 Å². The number of hydrogen-bond donors (Lipinski definition) is 1. The molecule has 2 aromatic heterocycles. The van der Waals surface area contributed by atoms with Gasteiger partial charge in [-0.3, -0.25) is 4.98 Å². The van der Waals surface area contributed by atoms with Gasteiger partial charge in [-0.15, -0.1) is 0 Å². The first-order valence-corrected chi connectivity index (χ1v) is 10.5. The lowest BCUT2D eigenvalue weighted by Crippen LogP contribution is -2.45. The molecule has 0 radical (unpaired) electrons. The highest BCUT2D eigenvalue weighted by Crippen LogP contribution is 2.49. The van der Waals surface area contributed by atoms with Crippen LogP contribution in [0.4, 0.5) is 17.6 Å². The van der Waals surface area contributed by atoms with Gasteiger partial charge in [0, 0.05) is 35.8 Å². The molecule has 1 N–H and O–H groups in total. The maximum Gasteiger partial charge on any atom is 0.326 e. The quantitative estimate of drug-likeness (QED) is 0.385. The Morgan fingerprint density at radius 3 is 2.11 bits per heavy atom. The minimum Gasteiger partial charge on any atom is -0.374 e. The first-order chi connectivity index (χ1) is 16.8. The topological polar surface area (TPSA) is 82.7 Å². The van der Waals surface area contributed by atoms with Crippen molar-refractivity contribution in [3.05, 3.63) is 125 Å². The Morgan fingerprint density at radius 1 is 0.857 bits per heavy atom. The molecule has 0 aliphatic heterocycles. The van der Waals surface area contributed by atoms with Crippen LogP contribution in [0, 0.1) is 23.0 Å². The zero-order chi connectivity index (χ0) is 25.1. The number of nitrogens with zero attached hydrogens (tertiary/aromatic N) is 4. The van der Waals surface area contributed by atoms with Gasteiger partial charge in [-0.05, 0) is 54.3 Å². The largest absolute Gasteiger partial charge is 0.374 e. The Balaban J connectivity index is 1.66. The predicted octanol–water partition coefficient (Wildman–Crippen LogP) is 4.83. The van der Waals surface area contributed by atoms with Crippen LogP contribution in [-0.4, -0.2) is 20.1 Å². The van der Waals surface area contributed by atoms with E-state index in [2.05, 4.69) is 15.0 Å². The van der Waals surface area contributed by atoms with Crippen LogP contribution in [0.5, 0.6) is 0 Å². The Kier molecular flexibility index (Phi) is 6.58. The Morgan fingerprint density at radius 2 is 1.51 bits per heavy atom. The molecule has 0 saturated carbocycles. The van der Waals surface area contributed by atoms with Crippen molar-refractivity contribution in [2.75, 3.05) is 0 Å². The number of rotatable bonds is 7. The van der Waals surface area contributed by atoms with Gasteiger partial charge < -0.3 is 5.11 Å². The van der Waals surface area contributed by atoms with Crippen LogP contribution in [0.15, 0.2) is 79.5 Å². The fourth-order valence-corrected chi connectivity index (χ4v) is 3.75. The van der Waals surface area contributed by atoms with Crippen molar-refractivity contribution < 1.29 is 22.7 Å². The number of benzene rings is 2. The van der Waals surface area contributed by atoms with E-state index in [4.69, 9.17) is 5.26 Å². The molecule has 0 spiro atoms. The molecule has 2 heterocycles. The van der Waals surface area contributed by atoms with Crippen LogP contribution in [0.25, 0.3) is 0 Å². The SMILES string of the molecule is N#Cc1ccc(CCc2ccc(C(F)(F)C(O)(c3cncnc3)c3ccc(F)cc3F)nc2)cc1. The van der Waals surface area contributed by atoms with Gasteiger partial charge in [0.2, 0.25) is 0 Å². The normalized spacial score (nSPS) is 13.1. The average Bonchev–Trinajstić information content (AvgIpc) is 2.88. The van der Waals surface area contributed by atoms with Gasteiger partial charge in [0.05, 0.1) is 11.6 Å². The number of hydrogen-bond acceptors (Lipinski definition) is 5. The summed E-state index contributed by atoms with van der Waals surface area (Å²) in [6, 6.07) is 13.5. The fourth-order valence-electron chi connectivity index (χ4n) is 3.75. The van der Waals surface area contributed by atoms with Crippen LogP contribution in [0.2, 0.25) is 0 Å². The standard InChI is InChI=1S/C26H18F4N4O/c27-21-8-9-22(23(28)11-21)25(35,20-14-32-16-33-15-20)26(29,30)24-10-7-19(13-34-24)6-3-17-1-4-18(12-31)5-2-17/h1-2,4-5,7-11,13-16,35H,3,6H2. The molecular weight excluding hydrogens is 460 g/mol. The summed E-state index contributed by atoms with van der Waals surface area (Å²) in [5, 5.41) is 20.2. The summed E-state index contributed by atoms with van der Waals surface area (Å²) >= 11 is 0. The van der Waals surface area contributed by atoms with Crippen LogP contribution in [-0.2, 0) is 24.4 Å². The van der Waals surface area contributed by atoms with Crippen molar-refractivity contribution in [2.45, 2.75) is 24.4 Å². The van der Waals surface area contributed by atoms with Crippen LogP contribution in [0.3, 0.4) is 0 Å². The molecule has 9 heteroatoms. The molecule has 5 nitrogen and oxygen atoms in total. The molecule has 176 valence electrons. The lowest BCUT2D eigenvalue weighted by molar-refractivity contribution is -0.175. The Bertz CT molecular complexity index is 1360. The molecule has 0 bridgehead atoms. The monoisotopic (exact) mass is 478 g/mol. The summed E-state index contributed by atoms with van der Waals surface area (Å²) in [4.78, 5) is 11.2. The van der Waals surface area contributed by atoms with Gasteiger partial charge in [0.1, 0.15) is 23.7 Å². The molecule has 35 heavy (non-hydrogen) atoms. The van der Waals surface area contributed by atoms with E-state index in [0.29, 0.717) is 30.0 Å². The minimum atomic E-state index is -4.14. The summed E-state index contributed by atoms with van der Waals surface area (Å²) in [5.41, 5.74) is -3.24. The molecule has 1 atom stereocenters. The second-order valence-corrected chi connectivity index (χ2v) is 7.90. The molecule has 0 aliphatic carbocycles. The van der Waals surface area contributed by atoms with E-state index in [0.717, 1.165) is 42.5 Å². The number of aromatic nitrogens is 3. The highest BCUT2D eigenvalue weighted by molar-refractivity contribution is 5.40. The number of aliphatic hydroxyl groups is 1. The van der Waals surface area contributed by atoms with Crippen LogP contribution < -0.4 is 0 Å². The van der Waals surface area contributed by atoms with E-state index >= 15 is 8.78 Å². The molecule has 4 rings (SSSR count). The maximum absolute atomic E-state index is 15.9. The number of aryl methyl sites for hydroxylation is 2. The summed E-state index contributed by atoms with van der Waals surface area (Å²) in [6.07, 6.45) is 5.30. The third-order valence-electron chi connectivity index (χ3n) is 5.69. The number of halogens is 4. The minimum absolute atomic E-state index is 0.417. The average molecular weight is 478 g/mol. The maximum atomic E-state index is 15.9. The van der Waals surface area contributed by atoms with Crippen molar-refractivity contribution in [1.29, 1.82) is 5.26 Å². The molecule has 4 aromatic rings. The van der Waals surface area contributed by atoms with Crippen molar-refractivity contribution in [1.82, 2.24) is 15.0 Å². The lowest BCUT2D eigenvalue weighted by Gasteiger charge is -2.36. The third kappa shape index (κ3) is 4.61. The molecule has 0 amide bonds. The highest BCUT2D eigenvalue weighted by Gasteiger charge is 2.58. The third-order valence-corrected chi connectivity index (χ3v) is 5.69. The summed E-state index contributed by atoms with van der Waals surface area (Å²) in [7, 11) is 0. The first-order valence-electron chi connectivity index (χ1n) is 10.5. The van der Waals surface area contributed by atoms with E-state index < -0.39 is 40.0 Å². The molecule has 1 unspecified atom stereocenters. The van der Waals surface area contributed by atoms with Gasteiger partial charge in [-0.2, -0.15) is 14.0 Å². The Hall–Kier alpha value is -4.16. The van der Waals surface area contributed by atoms with E-state index in [1.807, 2.05) is 18.2 Å². The van der Waals surface area contributed by atoms with Gasteiger partial charge in [-0.1, -0.05) is 18.2 Å². The number of nitriles is 1. The van der Waals surface area contributed by atoms with Crippen LogP contribution >= 0.6 is 0 Å². The molecule has 0 saturated heterocycles. The Labute approximate surface area is 198 Å². The zero-order valence-electron chi connectivity index (χ0n) is 18.2. The van der Waals surface area contributed by atoms with Gasteiger partial charge in [0.25, 0.3) is 0 Å². The van der Waals surface area contributed by atoms with E-state index in [1.165, 1.54) is 12.3 Å². The van der Waals surface area contributed by atoms with E-state index in [-0.39, 0.29) is 0 Å². The van der Waals surface area contributed by atoms with E-state index in [9.17, 15) is 13.9 Å². The van der Waals surface area contributed by atoms with Crippen LogP contribution in [0.1, 0.15) is 33.5 Å². The summed E-state index contributed by atoms with van der Waals surface area (Å²) < 4.78 is 59.8. The second kappa shape index (κ2) is 9.60. The van der Waals surface area contributed by atoms with Gasteiger partial charge in [-0.25, -0.2) is 18.7 Å². The lowest BCUT2D eigenvalue weighted by atomic mass is 9.80.